The van der Waals surface area contributed by atoms with Gasteiger partial charge >= 0.3 is 176 Å². The summed E-state index contributed by atoms with van der Waals surface area (Å²) < 4.78 is 84.6. The summed E-state index contributed by atoms with van der Waals surface area (Å²) in [6.45, 7) is 0. The monoisotopic (exact) mass is 458 g/mol. The van der Waals surface area contributed by atoms with Crippen molar-refractivity contribution in [2.24, 2.45) is 0 Å². The molecule has 0 aliphatic heterocycles. The maximum atomic E-state index is 8.46. The fraction of sp³-hybridized carbons (Fsp3) is 0. The average Bonchev–Trinajstić information content (AvgIpc) is 2.09. The summed E-state index contributed by atoms with van der Waals surface area (Å²) in [5, 5.41) is 0. The zero-order valence-corrected chi connectivity index (χ0v) is 19.1. The van der Waals surface area contributed by atoms with Crippen molar-refractivity contribution in [1.29, 1.82) is 0 Å². The fourth-order valence-corrected chi connectivity index (χ4v) is 0. The molecule has 0 amide bonds. The minimum atomic E-state index is -1.75. The molecule has 17 heavy (non-hydrogen) atoms. The molecule has 17 heteroatoms. The predicted molar refractivity (Wildman–Crippen MR) is 38.0 cm³/mol. The van der Waals surface area contributed by atoms with E-state index >= 15 is 0 Å². The van der Waals surface area contributed by atoms with Gasteiger partial charge < -0.3 is 0 Å². The first kappa shape index (κ1) is 42.7. The van der Waals surface area contributed by atoms with Crippen molar-refractivity contribution >= 4 is 100 Å². The summed E-state index contributed by atoms with van der Waals surface area (Å²) in [5.41, 5.74) is 0. The maximum absolute atomic E-state index is 8.46. The number of hydrogen-bond acceptors (Lipinski definition) is 10. The van der Waals surface area contributed by atoms with Crippen molar-refractivity contribution in [3.63, 3.8) is 0 Å². The second kappa shape index (κ2) is 99.5. The first-order valence-electron chi connectivity index (χ1n) is 2.36. The van der Waals surface area contributed by atoms with Gasteiger partial charge in [0.2, 0.25) is 0 Å². The van der Waals surface area contributed by atoms with Crippen LogP contribution in [-0.2, 0) is 19.0 Å². The van der Waals surface area contributed by atoms with Gasteiger partial charge in [-0.15, -0.1) is 0 Å². The van der Waals surface area contributed by atoms with Gasteiger partial charge in [0.15, 0.2) is 0 Å². The third-order valence-corrected chi connectivity index (χ3v) is 0. The minimum absolute atomic E-state index is 0. The Labute approximate surface area is 173 Å². The van der Waals surface area contributed by atoms with Crippen LogP contribution >= 0.6 is 0 Å². The van der Waals surface area contributed by atoms with Gasteiger partial charge in [0.25, 0.3) is 0 Å². The summed E-state index contributed by atoms with van der Waals surface area (Å²) in [6.07, 6.45) is 0. The van der Waals surface area contributed by atoms with Crippen molar-refractivity contribution < 1.29 is 75.4 Å². The van der Waals surface area contributed by atoms with Crippen LogP contribution in [0.4, 0.5) is 0 Å². The standard InChI is InChI=1S/5Al.La.Mg.10O/q;;;;;+3;+2;;;;;;5*-1. The Balaban J connectivity index is -0.0000000143. The van der Waals surface area contributed by atoms with E-state index < -0.39 is 77.4 Å². The molecule has 0 N–H and O–H groups in total. The Hall–Kier alpha value is 2.62. The van der Waals surface area contributed by atoms with Crippen LogP contribution in [0, 0.1) is 35.6 Å². The molecule has 0 rings (SSSR count). The second-order valence-electron chi connectivity index (χ2n) is 0.481. The van der Waals surface area contributed by atoms with Gasteiger partial charge in [-0.2, -0.15) is 0 Å². The molecule has 0 bridgehead atoms. The Morgan fingerprint density at radius 1 is 0.471 bits per heavy atom. The van der Waals surface area contributed by atoms with Gasteiger partial charge in [-0.1, -0.05) is 0 Å². The van der Waals surface area contributed by atoms with Crippen molar-refractivity contribution in [3.8, 4) is 0 Å². The Morgan fingerprint density at radius 3 is 0.471 bits per heavy atom. The van der Waals surface area contributed by atoms with Crippen molar-refractivity contribution in [1.82, 2.24) is 0 Å². The molecule has 0 unspecified atom stereocenters. The molecule has 0 aliphatic rings. The fourth-order valence-electron chi connectivity index (χ4n) is 0. The van der Waals surface area contributed by atoms with Crippen LogP contribution < -0.4 is 20.8 Å². The molecule has 0 radical (unpaired) electrons. The van der Waals surface area contributed by atoms with E-state index in [-0.39, 0.29) is 58.7 Å². The van der Waals surface area contributed by atoms with Gasteiger partial charge in [0.1, 0.15) is 0 Å². The van der Waals surface area contributed by atoms with E-state index in [1.165, 1.54) is 0 Å². The molecular formula is Al5LaMgO10. The van der Waals surface area contributed by atoms with Crippen LogP contribution in [0.15, 0.2) is 0 Å². The van der Waals surface area contributed by atoms with Gasteiger partial charge in [-0.3, -0.25) is 0 Å². The molecule has 0 aromatic heterocycles. The quantitative estimate of drug-likeness (QED) is 0.314. The van der Waals surface area contributed by atoms with Crippen LogP contribution in [-0.4, -0.2) is 100 Å². The van der Waals surface area contributed by atoms with Crippen molar-refractivity contribution in [2.75, 3.05) is 0 Å². The normalized spacial score (nSPS) is 2.35. The molecule has 0 saturated heterocycles. The topological polar surface area (TPSA) is 201 Å². The van der Waals surface area contributed by atoms with Crippen LogP contribution in [0.2, 0.25) is 0 Å². The summed E-state index contributed by atoms with van der Waals surface area (Å²) in [6, 6.07) is 0. The third-order valence-electron chi connectivity index (χ3n) is 0. The van der Waals surface area contributed by atoms with E-state index in [1.54, 1.807) is 0 Å². The average molecular weight is 458 g/mol. The molecule has 0 aliphatic carbocycles. The van der Waals surface area contributed by atoms with Gasteiger partial charge in [-0.25, -0.2) is 0 Å². The number of hydrogen-bond donors (Lipinski definition) is 0. The Kier molecular flexibility index (Phi) is 250. The van der Waals surface area contributed by atoms with E-state index in [9.17, 15) is 0 Å². The summed E-state index contributed by atoms with van der Waals surface area (Å²) in [5.74, 6) is 0. The van der Waals surface area contributed by atoms with Crippen LogP contribution in [0.5, 0.6) is 0 Å². The van der Waals surface area contributed by atoms with E-state index in [0.717, 1.165) is 0 Å². The molecule has 0 aromatic carbocycles. The molecule has 0 atom stereocenters. The molecule has 0 spiro atoms. The van der Waals surface area contributed by atoms with Crippen LogP contribution in [0.1, 0.15) is 0 Å². The van der Waals surface area contributed by atoms with E-state index in [4.69, 9.17) is 39.8 Å². The van der Waals surface area contributed by atoms with Gasteiger partial charge in [0, 0.05) is 0 Å². The predicted octanol–water partition coefficient (Wildman–Crippen LogP) is -8.82. The Bertz CT molecular complexity index is 97.0. The van der Waals surface area contributed by atoms with Crippen LogP contribution in [0.3, 0.4) is 0 Å². The Morgan fingerprint density at radius 2 is 0.471 bits per heavy atom. The second-order valence-corrected chi connectivity index (χ2v) is 1.44. The van der Waals surface area contributed by atoms with E-state index in [1.807, 2.05) is 0 Å². The number of rotatable bonds is 0. The third kappa shape index (κ3) is 748. The van der Waals surface area contributed by atoms with Crippen molar-refractivity contribution in [3.05, 3.63) is 0 Å². The zero-order valence-electron chi connectivity index (χ0n) is 8.25. The molecule has 0 fully saturated rings. The molecular weight excluding hydrogens is 458 g/mol. The van der Waals surface area contributed by atoms with Crippen molar-refractivity contribution in [2.45, 2.75) is 0 Å². The van der Waals surface area contributed by atoms with Gasteiger partial charge in [0.05, 0.1) is 0 Å². The summed E-state index contributed by atoms with van der Waals surface area (Å²) in [7, 11) is 0. The van der Waals surface area contributed by atoms with E-state index in [2.05, 4.69) is 0 Å². The summed E-state index contributed by atoms with van der Waals surface area (Å²) >= 11 is -8.75. The van der Waals surface area contributed by atoms with Gasteiger partial charge in [-0.05, 0) is 0 Å². The van der Waals surface area contributed by atoms with Crippen LogP contribution in [0.25, 0.3) is 0 Å². The molecule has 80 valence electrons. The molecule has 0 aromatic rings. The zero-order chi connectivity index (χ0) is 13.5. The van der Waals surface area contributed by atoms with E-state index in [0.29, 0.717) is 0 Å². The SMILES string of the molecule is [La+3].[Mg+2].[O]=[Al][O-].[O]=[Al][O-].[O]=[Al][O-].[O]=[Al][O-].[O]=[Al][O-]. The first-order valence-corrected chi connectivity index (χ1v) is 7.07. The first-order chi connectivity index (χ1) is 7.07. The summed E-state index contributed by atoms with van der Waals surface area (Å²) in [4.78, 5) is 0. The molecule has 10 nitrogen and oxygen atoms in total. The molecule has 0 saturated carbocycles. The molecule has 0 heterocycles.